The van der Waals surface area contributed by atoms with Crippen LogP contribution in [-0.2, 0) is 10.5 Å². The van der Waals surface area contributed by atoms with Gasteiger partial charge in [-0.05, 0) is 11.6 Å². The fourth-order valence-corrected chi connectivity index (χ4v) is 2.03. The average molecular weight is 196 g/mol. The van der Waals surface area contributed by atoms with Crippen molar-refractivity contribution in [3.8, 4) is 0 Å². The molecule has 1 aliphatic heterocycles. The Morgan fingerprint density at radius 1 is 1.54 bits per heavy atom. The van der Waals surface area contributed by atoms with Crippen molar-refractivity contribution < 1.29 is 4.74 Å². The third-order valence-electron chi connectivity index (χ3n) is 1.94. The maximum Gasteiger partial charge on any atom is 0.123 e. The van der Waals surface area contributed by atoms with Crippen molar-refractivity contribution >= 4 is 17.6 Å². The summed E-state index contributed by atoms with van der Waals surface area (Å²) < 4.78 is 5.09. The predicted octanol–water partition coefficient (Wildman–Crippen LogP) is 1.30. The highest BCUT2D eigenvalue weighted by Crippen LogP contribution is 2.22. The second-order valence-electron chi connectivity index (χ2n) is 3.06. The Morgan fingerprint density at radius 2 is 2.38 bits per heavy atom. The quantitative estimate of drug-likeness (QED) is 0.791. The van der Waals surface area contributed by atoms with Gasteiger partial charge in [0, 0.05) is 11.9 Å². The van der Waals surface area contributed by atoms with Crippen LogP contribution in [0.1, 0.15) is 5.56 Å². The van der Waals surface area contributed by atoms with Gasteiger partial charge < -0.3 is 10.5 Å². The summed E-state index contributed by atoms with van der Waals surface area (Å²) in [6, 6.07) is 3.86. The van der Waals surface area contributed by atoms with Gasteiger partial charge >= 0.3 is 0 Å². The lowest BCUT2D eigenvalue weighted by Gasteiger charge is -2.25. The molecule has 0 saturated carbocycles. The summed E-state index contributed by atoms with van der Waals surface area (Å²) in [6.45, 7) is 1.79. The molecule has 1 aromatic heterocycles. The topological polar surface area (TPSA) is 48.1 Å². The van der Waals surface area contributed by atoms with Crippen LogP contribution < -0.4 is 5.73 Å². The third kappa shape index (κ3) is 2.35. The molecule has 0 aliphatic carbocycles. The van der Waals surface area contributed by atoms with E-state index in [9.17, 15) is 0 Å². The predicted molar refractivity (Wildman–Crippen MR) is 54.6 cm³/mol. The molecule has 4 heteroatoms. The summed E-state index contributed by atoms with van der Waals surface area (Å²) in [7, 11) is 0. The largest absolute Gasteiger partial charge is 0.384 e. The van der Waals surface area contributed by atoms with Crippen LogP contribution in [0.5, 0.6) is 0 Å². The molecule has 0 radical (unpaired) electrons. The van der Waals surface area contributed by atoms with Crippen LogP contribution >= 0.6 is 11.8 Å². The number of hydrogen-bond acceptors (Lipinski definition) is 4. The summed E-state index contributed by atoms with van der Waals surface area (Å²) in [5, 5.41) is 0.678. The van der Waals surface area contributed by atoms with Gasteiger partial charge in [0.15, 0.2) is 0 Å². The van der Waals surface area contributed by atoms with Gasteiger partial charge in [-0.15, -0.1) is 11.8 Å². The Kier molecular flexibility index (Phi) is 2.71. The second kappa shape index (κ2) is 3.98. The average Bonchev–Trinajstić information content (AvgIpc) is 2.05. The molecule has 0 bridgehead atoms. The van der Waals surface area contributed by atoms with Gasteiger partial charge in [-0.3, -0.25) is 0 Å². The number of hydrogen-bond donors (Lipinski definition) is 1. The first kappa shape index (κ1) is 8.84. The molecule has 3 nitrogen and oxygen atoms in total. The van der Waals surface area contributed by atoms with Gasteiger partial charge in [-0.25, -0.2) is 4.98 Å². The highest BCUT2D eigenvalue weighted by Gasteiger charge is 2.18. The number of nitrogen functional groups attached to an aromatic ring is 1. The minimum absolute atomic E-state index is 0.584. The molecule has 0 amide bonds. The summed E-state index contributed by atoms with van der Waals surface area (Å²) in [5.74, 6) is 1.59. The number of thioether (sulfide) groups is 1. The molecule has 70 valence electrons. The lowest BCUT2D eigenvalue weighted by atomic mass is 10.3. The molecular formula is C9H12N2OS. The van der Waals surface area contributed by atoms with Crippen LogP contribution in [0.4, 0.5) is 5.82 Å². The van der Waals surface area contributed by atoms with Crippen molar-refractivity contribution in [3.05, 3.63) is 23.9 Å². The van der Waals surface area contributed by atoms with Crippen LogP contribution in [0.2, 0.25) is 0 Å². The first-order chi connectivity index (χ1) is 6.34. The molecule has 2 heterocycles. The first-order valence-electron chi connectivity index (χ1n) is 4.24. The van der Waals surface area contributed by atoms with Gasteiger partial charge in [0.25, 0.3) is 0 Å². The summed E-state index contributed by atoms with van der Waals surface area (Å²) in [4.78, 5) is 4.03. The number of aromatic nitrogens is 1. The number of nitrogens with zero attached hydrogens (tertiary/aromatic N) is 1. The van der Waals surface area contributed by atoms with Gasteiger partial charge in [0.2, 0.25) is 0 Å². The number of pyridine rings is 1. The van der Waals surface area contributed by atoms with Crippen LogP contribution in [0.3, 0.4) is 0 Å². The van der Waals surface area contributed by atoms with Crippen molar-refractivity contribution in [1.29, 1.82) is 0 Å². The van der Waals surface area contributed by atoms with Gasteiger partial charge in [-0.1, -0.05) is 6.07 Å². The maximum absolute atomic E-state index is 5.48. The summed E-state index contributed by atoms with van der Waals surface area (Å²) in [6.07, 6.45) is 1.84. The number of anilines is 1. The normalized spacial score (nSPS) is 16.9. The van der Waals surface area contributed by atoms with E-state index in [0.29, 0.717) is 11.1 Å². The van der Waals surface area contributed by atoms with Crippen LogP contribution in [0.15, 0.2) is 18.3 Å². The molecule has 2 rings (SSSR count). The third-order valence-corrected chi connectivity index (χ3v) is 3.18. The minimum atomic E-state index is 0.584. The van der Waals surface area contributed by atoms with E-state index in [2.05, 4.69) is 4.98 Å². The molecule has 1 saturated heterocycles. The Morgan fingerprint density at radius 3 is 2.92 bits per heavy atom. The van der Waals surface area contributed by atoms with E-state index >= 15 is 0 Å². The zero-order valence-corrected chi connectivity index (χ0v) is 8.09. The Labute approximate surface area is 81.7 Å². The van der Waals surface area contributed by atoms with Crippen molar-refractivity contribution in [1.82, 2.24) is 4.98 Å². The smallest absolute Gasteiger partial charge is 0.123 e. The zero-order valence-electron chi connectivity index (χ0n) is 7.27. The van der Waals surface area contributed by atoms with Crippen LogP contribution in [0.25, 0.3) is 0 Å². The molecule has 1 aliphatic rings. The Hall–Kier alpha value is -0.740. The molecule has 1 fully saturated rings. The lowest BCUT2D eigenvalue weighted by molar-refractivity contribution is 0.0455. The molecule has 0 spiro atoms. The lowest BCUT2D eigenvalue weighted by Crippen LogP contribution is -2.30. The van der Waals surface area contributed by atoms with Crippen molar-refractivity contribution in [2.24, 2.45) is 0 Å². The molecule has 0 unspecified atom stereocenters. The van der Waals surface area contributed by atoms with Crippen LogP contribution in [0, 0.1) is 0 Å². The standard InChI is InChI=1S/C9H12N2OS/c10-9-2-1-7(3-11-9)6-13-8-4-12-5-8/h1-3,8H,4-6H2,(H2,10,11). The molecule has 0 aromatic carbocycles. The van der Waals surface area contributed by atoms with E-state index in [0.717, 1.165) is 19.0 Å². The van der Waals surface area contributed by atoms with E-state index in [4.69, 9.17) is 10.5 Å². The molecule has 1 aromatic rings. The van der Waals surface area contributed by atoms with E-state index in [-0.39, 0.29) is 0 Å². The van der Waals surface area contributed by atoms with E-state index in [1.165, 1.54) is 5.56 Å². The highest BCUT2D eigenvalue weighted by atomic mass is 32.2. The Balaban J connectivity index is 1.83. The van der Waals surface area contributed by atoms with E-state index in [1.807, 2.05) is 30.1 Å². The SMILES string of the molecule is Nc1ccc(CSC2COC2)cn1. The number of nitrogens with two attached hydrogens (primary N) is 1. The van der Waals surface area contributed by atoms with Crippen molar-refractivity contribution in [2.75, 3.05) is 18.9 Å². The van der Waals surface area contributed by atoms with Crippen LogP contribution in [-0.4, -0.2) is 23.4 Å². The van der Waals surface area contributed by atoms with Crippen molar-refractivity contribution in [3.63, 3.8) is 0 Å². The van der Waals surface area contributed by atoms with E-state index in [1.54, 1.807) is 0 Å². The monoisotopic (exact) mass is 196 g/mol. The van der Waals surface area contributed by atoms with E-state index < -0.39 is 0 Å². The first-order valence-corrected chi connectivity index (χ1v) is 5.29. The van der Waals surface area contributed by atoms with Gasteiger partial charge in [0.1, 0.15) is 5.82 Å². The summed E-state index contributed by atoms with van der Waals surface area (Å²) in [5.41, 5.74) is 6.71. The Bertz CT molecular complexity index is 271. The van der Waals surface area contributed by atoms with Gasteiger partial charge in [-0.2, -0.15) is 0 Å². The molecule has 13 heavy (non-hydrogen) atoms. The fraction of sp³-hybridized carbons (Fsp3) is 0.444. The molecular weight excluding hydrogens is 184 g/mol. The maximum atomic E-state index is 5.48. The second-order valence-corrected chi connectivity index (χ2v) is 4.35. The molecule has 2 N–H and O–H groups in total. The fourth-order valence-electron chi connectivity index (χ4n) is 1.05. The van der Waals surface area contributed by atoms with Crippen molar-refractivity contribution in [2.45, 2.75) is 11.0 Å². The minimum Gasteiger partial charge on any atom is -0.384 e. The highest BCUT2D eigenvalue weighted by molar-refractivity contribution is 7.99. The summed E-state index contributed by atoms with van der Waals surface area (Å²) >= 11 is 1.92. The zero-order chi connectivity index (χ0) is 9.10. The number of ether oxygens (including phenoxy) is 1. The van der Waals surface area contributed by atoms with Gasteiger partial charge in [0.05, 0.1) is 18.5 Å². The number of rotatable bonds is 3. The molecule has 0 atom stereocenters.